The topological polar surface area (TPSA) is 45.1 Å². The number of aromatic nitrogens is 1. The summed E-state index contributed by atoms with van der Waals surface area (Å²) in [7, 11) is 0. The van der Waals surface area contributed by atoms with Gasteiger partial charge >= 0.3 is 0 Å². The van der Waals surface area contributed by atoms with Gasteiger partial charge in [0.15, 0.2) is 0 Å². The standard InChI is InChI=1S/C10H18N2OS2/c1-7(9-4-11-6-15-9)12-8(2)10(5-13)14-3/h4,6-8,10,12-13H,5H2,1-3H3. The highest BCUT2D eigenvalue weighted by Gasteiger charge is 2.18. The molecule has 1 aromatic rings. The molecule has 0 aliphatic heterocycles. The maximum absolute atomic E-state index is 9.17. The van der Waals surface area contributed by atoms with Crippen LogP contribution in [0.5, 0.6) is 0 Å². The Hall–Kier alpha value is -0.100. The molecule has 2 N–H and O–H groups in total. The van der Waals surface area contributed by atoms with Gasteiger partial charge in [-0.15, -0.1) is 11.3 Å². The lowest BCUT2D eigenvalue weighted by molar-refractivity contribution is 0.272. The first-order chi connectivity index (χ1) is 7.19. The van der Waals surface area contributed by atoms with Crippen molar-refractivity contribution in [2.45, 2.75) is 31.2 Å². The number of aliphatic hydroxyl groups excluding tert-OH is 1. The van der Waals surface area contributed by atoms with Crippen LogP contribution in [0.4, 0.5) is 0 Å². The molecule has 5 heteroatoms. The quantitative estimate of drug-likeness (QED) is 0.805. The molecule has 0 amide bonds. The van der Waals surface area contributed by atoms with Crippen LogP contribution in [-0.2, 0) is 0 Å². The zero-order valence-corrected chi connectivity index (χ0v) is 10.9. The molecule has 0 saturated carbocycles. The van der Waals surface area contributed by atoms with Gasteiger partial charge in [-0.3, -0.25) is 4.98 Å². The van der Waals surface area contributed by atoms with Gasteiger partial charge in [0, 0.05) is 28.4 Å². The summed E-state index contributed by atoms with van der Waals surface area (Å²) in [6.45, 7) is 4.44. The molecule has 3 atom stereocenters. The molecule has 3 nitrogen and oxygen atoms in total. The molecule has 0 aromatic carbocycles. The van der Waals surface area contributed by atoms with Gasteiger partial charge in [-0.25, -0.2) is 0 Å². The Bertz CT molecular complexity index is 262. The molecule has 0 radical (unpaired) electrons. The summed E-state index contributed by atoms with van der Waals surface area (Å²) in [5.74, 6) is 0. The number of nitrogens with zero attached hydrogens (tertiary/aromatic N) is 1. The number of rotatable bonds is 6. The normalized spacial score (nSPS) is 17.3. The van der Waals surface area contributed by atoms with Crippen molar-refractivity contribution in [3.63, 3.8) is 0 Å². The van der Waals surface area contributed by atoms with Crippen molar-refractivity contribution in [1.82, 2.24) is 10.3 Å². The number of aliphatic hydroxyl groups is 1. The van der Waals surface area contributed by atoms with Crippen LogP contribution in [0.1, 0.15) is 24.8 Å². The summed E-state index contributed by atoms with van der Waals surface area (Å²) in [5.41, 5.74) is 1.84. The first-order valence-electron chi connectivity index (χ1n) is 4.97. The third kappa shape index (κ3) is 3.75. The predicted octanol–water partition coefficient (Wildman–Crippen LogP) is 1.91. The molecule has 1 rings (SSSR count). The molecule has 0 bridgehead atoms. The van der Waals surface area contributed by atoms with Crippen molar-refractivity contribution in [2.24, 2.45) is 0 Å². The summed E-state index contributed by atoms with van der Waals surface area (Å²) in [5, 5.41) is 12.9. The van der Waals surface area contributed by atoms with Gasteiger partial charge < -0.3 is 10.4 Å². The molecule has 1 heterocycles. The van der Waals surface area contributed by atoms with E-state index in [0.29, 0.717) is 12.1 Å². The molecule has 3 unspecified atom stereocenters. The van der Waals surface area contributed by atoms with Crippen molar-refractivity contribution in [3.05, 3.63) is 16.6 Å². The molecule has 0 saturated heterocycles. The van der Waals surface area contributed by atoms with Crippen LogP contribution >= 0.6 is 23.1 Å². The highest BCUT2D eigenvalue weighted by atomic mass is 32.2. The fourth-order valence-corrected chi connectivity index (χ4v) is 2.73. The summed E-state index contributed by atoms with van der Waals surface area (Å²) >= 11 is 3.35. The molecule has 0 aliphatic rings. The van der Waals surface area contributed by atoms with Crippen LogP contribution in [0.15, 0.2) is 11.7 Å². The Morgan fingerprint density at radius 3 is 2.80 bits per heavy atom. The fraction of sp³-hybridized carbons (Fsp3) is 0.700. The average molecular weight is 246 g/mol. The highest BCUT2D eigenvalue weighted by Crippen LogP contribution is 2.19. The molecular weight excluding hydrogens is 228 g/mol. The van der Waals surface area contributed by atoms with E-state index >= 15 is 0 Å². The average Bonchev–Trinajstić information content (AvgIpc) is 2.72. The van der Waals surface area contributed by atoms with E-state index in [1.807, 2.05) is 18.0 Å². The SMILES string of the molecule is CSC(CO)C(C)NC(C)c1cncs1. The zero-order chi connectivity index (χ0) is 11.3. The Morgan fingerprint density at radius 1 is 1.60 bits per heavy atom. The van der Waals surface area contributed by atoms with Gasteiger partial charge in [-0.2, -0.15) is 11.8 Å². The first-order valence-corrected chi connectivity index (χ1v) is 7.13. The van der Waals surface area contributed by atoms with Crippen LogP contribution in [0.2, 0.25) is 0 Å². The molecule has 0 spiro atoms. The molecule has 0 fully saturated rings. The van der Waals surface area contributed by atoms with Crippen molar-refractivity contribution in [3.8, 4) is 0 Å². The number of nitrogens with one attached hydrogen (secondary N) is 1. The molecule has 1 aromatic heterocycles. The molecule has 0 aliphatic carbocycles. The maximum Gasteiger partial charge on any atom is 0.0794 e. The lowest BCUT2D eigenvalue weighted by Crippen LogP contribution is -2.38. The van der Waals surface area contributed by atoms with Gasteiger partial charge in [-0.1, -0.05) is 0 Å². The Morgan fingerprint density at radius 2 is 2.33 bits per heavy atom. The van der Waals surface area contributed by atoms with E-state index in [2.05, 4.69) is 24.1 Å². The second-order valence-electron chi connectivity index (χ2n) is 3.54. The second-order valence-corrected chi connectivity index (χ2v) is 5.53. The summed E-state index contributed by atoms with van der Waals surface area (Å²) in [4.78, 5) is 5.30. The fourth-order valence-electron chi connectivity index (χ4n) is 1.46. The van der Waals surface area contributed by atoms with Gasteiger partial charge in [-0.05, 0) is 20.1 Å². The minimum absolute atomic E-state index is 0.213. The van der Waals surface area contributed by atoms with Crippen LogP contribution in [0, 0.1) is 0 Å². The third-order valence-electron chi connectivity index (χ3n) is 2.43. The van der Waals surface area contributed by atoms with Gasteiger partial charge in [0.1, 0.15) is 0 Å². The molecule has 15 heavy (non-hydrogen) atoms. The number of hydrogen-bond acceptors (Lipinski definition) is 5. The molecule has 86 valence electrons. The predicted molar refractivity (Wildman–Crippen MR) is 67.5 cm³/mol. The van der Waals surface area contributed by atoms with E-state index in [4.69, 9.17) is 5.11 Å². The highest BCUT2D eigenvalue weighted by molar-refractivity contribution is 7.99. The van der Waals surface area contributed by atoms with E-state index in [9.17, 15) is 0 Å². The molecular formula is C10H18N2OS2. The lowest BCUT2D eigenvalue weighted by atomic mass is 10.2. The zero-order valence-electron chi connectivity index (χ0n) is 9.30. The summed E-state index contributed by atoms with van der Waals surface area (Å²) in [6, 6.07) is 0.593. The van der Waals surface area contributed by atoms with Crippen LogP contribution in [-0.4, -0.2) is 34.2 Å². The van der Waals surface area contributed by atoms with Crippen molar-refractivity contribution >= 4 is 23.1 Å². The largest absolute Gasteiger partial charge is 0.395 e. The van der Waals surface area contributed by atoms with E-state index in [0.717, 1.165) is 0 Å². The Balaban J connectivity index is 2.47. The Labute approximate surface area is 99.3 Å². The van der Waals surface area contributed by atoms with Gasteiger partial charge in [0.05, 0.1) is 12.1 Å². The van der Waals surface area contributed by atoms with Gasteiger partial charge in [0.25, 0.3) is 0 Å². The minimum Gasteiger partial charge on any atom is -0.395 e. The van der Waals surface area contributed by atoms with Gasteiger partial charge in [0.2, 0.25) is 0 Å². The summed E-state index contributed by atoms with van der Waals surface area (Å²) < 4.78 is 0. The minimum atomic E-state index is 0.213. The number of hydrogen-bond donors (Lipinski definition) is 2. The van der Waals surface area contributed by atoms with Crippen LogP contribution in [0.3, 0.4) is 0 Å². The second kappa shape index (κ2) is 6.48. The van der Waals surface area contributed by atoms with Crippen molar-refractivity contribution < 1.29 is 5.11 Å². The van der Waals surface area contributed by atoms with Crippen LogP contribution in [0.25, 0.3) is 0 Å². The van der Waals surface area contributed by atoms with Crippen molar-refractivity contribution in [2.75, 3.05) is 12.9 Å². The maximum atomic E-state index is 9.17. The smallest absolute Gasteiger partial charge is 0.0794 e. The first kappa shape index (κ1) is 13.0. The lowest BCUT2D eigenvalue weighted by Gasteiger charge is -2.24. The monoisotopic (exact) mass is 246 g/mol. The number of thiazole rings is 1. The van der Waals surface area contributed by atoms with E-state index in [-0.39, 0.29) is 11.9 Å². The van der Waals surface area contributed by atoms with E-state index in [1.165, 1.54) is 4.88 Å². The van der Waals surface area contributed by atoms with E-state index in [1.54, 1.807) is 23.1 Å². The third-order valence-corrected chi connectivity index (χ3v) is 4.55. The van der Waals surface area contributed by atoms with E-state index < -0.39 is 0 Å². The Kier molecular flexibility index (Phi) is 5.60. The summed E-state index contributed by atoms with van der Waals surface area (Å²) in [6.07, 6.45) is 3.92. The van der Waals surface area contributed by atoms with Crippen molar-refractivity contribution in [1.29, 1.82) is 0 Å². The number of thioether (sulfide) groups is 1. The van der Waals surface area contributed by atoms with Crippen LogP contribution < -0.4 is 5.32 Å².